The number of carbonyl (C=O) groups excluding carboxylic acids is 1. The normalized spacial score (nSPS) is 10.9. The maximum absolute atomic E-state index is 11.4. The Hall–Kier alpha value is -4.06. The standard InChI is InChI=1S/C19H20N6O.C3H3F3O.H2O/c1-2-17(26)21-7-5-12-10-14-18(23-12)13-4-3-11(15-6-8-22-25-15)9-16(13)24-19(14)20;1-2(7)3(4,5)6;/h3-4,6,8-10,23H,2,5,7H2,1H3,(H2,20,24)(H,21,26)(H,22,25);7H,1H2;1H2. The quantitative estimate of drug-likeness (QED) is 0.276. The number of hydrogen-bond donors (Lipinski definition) is 5. The van der Waals surface area contributed by atoms with Gasteiger partial charge in [-0.25, -0.2) is 4.98 Å². The van der Waals surface area contributed by atoms with Crippen LogP contribution >= 0.6 is 0 Å². The molecule has 0 aliphatic carbocycles. The Labute approximate surface area is 192 Å². The molecule has 0 spiro atoms. The number of benzene rings is 1. The minimum atomic E-state index is -4.64. The Balaban J connectivity index is 0.000000449. The lowest BCUT2D eigenvalue weighted by Gasteiger charge is -2.05. The molecule has 8 N–H and O–H groups in total. The number of nitrogens with two attached hydrogens (primary N) is 1. The average molecular weight is 478 g/mol. The summed E-state index contributed by atoms with van der Waals surface area (Å²) in [6.45, 7) is 4.69. The van der Waals surface area contributed by atoms with E-state index in [1.54, 1.807) is 6.20 Å². The summed E-state index contributed by atoms with van der Waals surface area (Å²) in [6.07, 6.45) is -1.71. The number of hydrogen-bond acceptors (Lipinski definition) is 5. The van der Waals surface area contributed by atoms with Gasteiger partial charge < -0.3 is 26.6 Å². The molecule has 0 unspecified atom stereocenters. The van der Waals surface area contributed by atoms with Crippen LogP contribution in [0.15, 0.2) is 48.9 Å². The van der Waals surface area contributed by atoms with Crippen LogP contribution in [0.2, 0.25) is 0 Å². The predicted molar refractivity (Wildman–Crippen MR) is 124 cm³/mol. The highest BCUT2D eigenvalue weighted by Crippen LogP contribution is 2.31. The molecule has 9 nitrogen and oxygen atoms in total. The van der Waals surface area contributed by atoms with E-state index >= 15 is 0 Å². The lowest BCUT2D eigenvalue weighted by Crippen LogP contribution is -2.24. The first-order chi connectivity index (χ1) is 15.6. The Morgan fingerprint density at radius 3 is 2.53 bits per heavy atom. The van der Waals surface area contributed by atoms with Gasteiger partial charge in [0, 0.05) is 47.6 Å². The summed E-state index contributed by atoms with van der Waals surface area (Å²) in [5.41, 5.74) is 11.0. The van der Waals surface area contributed by atoms with E-state index in [4.69, 9.17) is 10.8 Å². The first kappa shape index (κ1) is 26.2. The third kappa shape index (κ3) is 6.04. The molecule has 3 aromatic heterocycles. The number of alkyl halides is 3. The van der Waals surface area contributed by atoms with Crippen LogP contribution in [-0.2, 0) is 11.2 Å². The molecule has 1 amide bonds. The van der Waals surface area contributed by atoms with Crippen molar-refractivity contribution >= 4 is 33.5 Å². The number of aliphatic hydroxyl groups is 1. The molecule has 3 heterocycles. The zero-order valence-electron chi connectivity index (χ0n) is 18.3. The molecule has 0 aliphatic rings. The Morgan fingerprint density at radius 2 is 1.94 bits per heavy atom. The number of aromatic nitrogens is 4. The minimum Gasteiger partial charge on any atom is -0.505 e. The van der Waals surface area contributed by atoms with Crippen molar-refractivity contribution < 1.29 is 28.5 Å². The summed E-state index contributed by atoms with van der Waals surface area (Å²) >= 11 is 0. The second kappa shape index (κ2) is 10.7. The second-order valence-corrected chi connectivity index (χ2v) is 7.18. The van der Waals surface area contributed by atoms with Crippen LogP contribution in [0.5, 0.6) is 0 Å². The van der Waals surface area contributed by atoms with Crippen molar-refractivity contribution in [2.75, 3.05) is 12.3 Å². The number of nitrogens with zero attached hydrogens (tertiary/aromatic N) is 2. The third-order valence-electron chi connectivity index (χ3n) is 4.83. The van der Waals surface area contributed by atoms with Crippen molar-refractivity contribution in [3.8, 4) is 11.3 Å². The summed E-state index contributed by atoms with van der Waals surface area (Å²) in [7, 11) is 0. The third-order valence-corrected chi connectivity index (χ3v) is 4.83. The molecule has 0 saturated carbocycles. The van der Waals surface area contributed by atoms with Crippen LogP contribution in [-0.4, -0.2) is 49.4 Å². The van der Waals surface area contributed by atoms with E-state index in [9.17, 15) is 18.0 Å². The van der Waals surface area contributed by atoms with Crippen LogP contribution in [0, 0.1) is 0 Å². The number of carbonyl (C=O) groups is 1. The molecule has 0 bridgehead atoms. The number of amides is 1. The van der Waals surface area contributed by atoms with Gasteiger partial charge in [-0.3, -0.25) is 9.89 Å². The first-order valence-electron chi connectivity index (χ1n) is 10.0. The summed E-state index contributed by atoms with van der Waals surface area (Å²) in [4.78, 5) is 19.4. The molecule has 4 rings (SSSR count). The molecule has 0 saturated heterocycles. The number of allylic oxidation sites excluding steroid dienone is 1. The van der Waals surface area contributed by atoms with E-state index in [-0.39, 0.29) is 11.4 Å². The van der Waals surface area contributed by atoms with Gasteiger partial charge in [0.1, 0.15) is 5.82 Å². The number of anilines is 1. The monoisotopic (exact) mass is 478 g/mol. The largest absolute Gasteiger partial charge is 0.505 e. The molecule has 0 fully saturated rings. The van der Waals surface area contributed by atoms with Gasteiger partial charge in [-0.1, -0.05) is 25.6 Å². The average Bonchev–Trinajstić information content (AvgIpc) is 3.44. The maximum atomic E-state index is 11.4. The maximum Gasteiger partial charge on any atom is 0.448 e. The van der Waals surface area contributed by atoms with Crippen molar-refractivity contribution in [2.45, 2.75) is 25.9 Å². The van der Waals surface area contributed by atoms with E-state index in [2.05, 4.69) is 32.1 Å². The van der Waals surface area contributed by atoms with E-state index in [1.165, 1.54) is 0 Å². The smallest absolute Gasteiger partial charge is 0.448 e. The van der Waals surface area contributed by atoms with Gasteiger partial charge in [0.25, 0.3) is 0 Å². The molecule has 0 aliphatic heterocycles. The number of H-pyrrole nitrogens is 2. The van der Waals surface area contributed by atoms with Crippen LogP contribution in [0.1, 0.15) is 19.0 Å². The van der Waals surface area contributed by atoms with E-state index < -0.39 is 11.9 Å². The number of aliphatic hydroxyl groups excluding tert-OH is 1. The highest BCUT2D eigenvalue weighted by molar-refractivity contribution is 6.08. The molecule has 12 heteroatoms. The van der Waals surface area contributed by atoms with Gasteiger partial charge in [0.15, 0.2) is 5.76 Å². The fraction of sp³-hybridized carbons (Fsp3) is 0.227. The van der Waals surface area contributed by atoms with Crippen molar-refractivity contribution in [2.24, 2.45) is 0 Å². The molecule has 0 atom stereocenters. The Kier molecular flexibility index (Phi) is 8.25. The number of rotatable bonds is 5. The zero-order chi connectivity index (χ0) is 24.2. The number of nitrogen functional groups attached to an aromatic ring is 1. The zero-order valence-corrected chi connectivity index (χ0v) is 18.3. The van der Waals surface area contributed by atoms with Gasteiger partial charge in [-0.2, -0.15) is 18.3 Å². The van der Waals surface area contributed by atoms with Crippen molar-refractivity contribution in [1.82, 2.24) is 25.5 Å². The topological polar surface area (TPSA) is 164 Å². The summed E-state index contributed by atoms with van der Waals surface area (Å²) in [5.74, 6) is -1.21. The fourth-order valence-electron chi connectivity index (χ4n) is 3.13. The van der Waals surface area contributed by atoms with Gasteiger partial charge in [-0.15, -0.1) is 0 Å². The van der Waals surface area contributed by atoms with Crippen molar-refractivity contribution in [1.29, 1.82) is 0 Å². The van der Waals surface area contributed by atoms with Gasteiger partial charge in [0.05, 0.1) is 16.7 Å². The lowest BCUT2D eigenvalue weighted by atomic mass is 10.1. The number of halogens is 3. The molecule has 1 aromatic carbocycles. The van der Waals surface area contributed by atoms with Gasteiger partial charge >= 0.3 is 6.18 Å². The molecular formula is C22H25F3N6O3. The summed E-state index contributed by atoms with van der Waals surface area (Å²) < 4.78 is 32.5. The van der Waals surface area contributed by atoms with Crippen LogP contribution in [0.3, 0.4) is 0 Å². The van der Waals surface area contributed by atoms with Crippen molar-refractivity contribution in [3.63, 3.8) is 0 Å². The molecule has 0 radical (unpaired) electrons. The number of nitrogens with one attached hydrogen (secondary N) is 3. The highest BCUT2D eigenvalue weighted by Gasteiger charge is 2.31. The van der Waals surface area contributed by atoms with E-state index in [1.807, 2.05) is 37.3 Å². The SMILES string of the molecule is C=C(O)C(F)(F)F.CCC(=O)NCCc1cc2c(N)nc3cc(-c4ccn[nH]4)ccc3c2[nH]1.O. The Morgan fingerprint density at radius 1 is 1.24 bits per heavy atom. The Bertz CT molecular complexity index is 1280. The van der Waals surface area contributed by atoms with Crippen LogP contribution < -0.4 is 11.1 Å². The second-order valence-electron chi connectivity index (χ2n) is 7.18. The minimum absolute atomic E-state index is 0. The lowest BCUT2D eigenvalue weighted by molar-refractivity contribution is -0.121. The van der Waals surface area contributed by atoms with E-state index in [0.29, 0.717) is 25.2 Å². The molecule has 4 aromatic rings. The van der Waals surface area contributed by atoms with Crippen LogP contribution in [0.4, 0.5) is 19.0 Å². The molecule has 182 valence electrons. The number of aromatic amines is 2. The van der Waals surface area contributed by atoms with Gasteiger partial charge in [0.2, 0.25) is 5.91 Å². The van der Waals surface area contributed by atoms with Crippen LogP contribution in [0.25, 0.3) is 33.1 Å². The summed E-state index contributed by atoms with van der Waals surface area (Å²) in [5, 5.41) is 19.3. The fourth-order valence-corrected chi connectivity index (χ4v) is 3.13. The van der Waals surface area contributed by atoms with Crippen molar-refractivity contribution in [3.05, 3.63) is 54.6 Å². The van der Waals surface area contributed by atoms with Gasteiger partial charge in [-0.05, 0) is 18.2 Å². The molecule has 34 heavy (non-hydrogen) atoms. The van der Waals surface area contributed by atoms with E-state index in [0.717, 1.165) is 38.8 Å². The molecular weight excluding hydrogens is 453 g/mol. The highest BCUT2D eigenvalue weighted by atomic mass is 19.4. The number of fused-ring (bicyclic) bond motifs is 3. The first-order valence-corrected chi connectivity index (χ1v) is 10.0. The number of pyridine rings is 1. The predicted octanol–water partition coefficient (Wildman–Crippen LogP) is 3.55. The summed E-state index contributed by atoms with van der Waals surface area (Å²) in [6, 6.07) is 10.0.